The van der Waals surface area contributed by atoms with Crippen LogP contribution in [-0.2, 0) is 0 Å². The van der Waals surface area contributed by atoms with Gasteiger partial charge >= 0.3 is 0 Å². The van der Waals surface area contributed by atoms with Crippen molar-refractivity contribution in [1.82, 2.24) is 0 Å². The van der Waals surface area contributed by atoms with Crippen molar-refractivity contribution in [3.8, 4) is 55.6 Å². The number of fused-ring (bicyclic) bond motifs is 2. The molecule has 0 saturated carbocycles. The standard InChI is InChI=1S/C40H29N.C28H21N/c1-3-9-30(10-4-1)33-17-23-38(24-18-33)41(39-25-19-34(20-26-39)31-11-5-2-6-12-31)40-27-21-35(22-28-40)37-16-15-32-13-7-8-14-36(32)29-37;1-2-6-21(7-3-1)23-12-16-27(17-13-23)29-28-18-14-24(15-19-28)26-11-10-22-8-4-5-9-25(22)20-26/h1-29H;1-20,29H. The van der Waals surface area contributed by atoms with Gasteiger partial charge in [-0.25, -0.2) is 0 Å². The van der Waals surface area contributed by atoms with E-state index in [0.29, 0.717) is 0 Å². The smallest absolute Gasteiger partial charge is 0.0462 e. The zero-order chi connectivity index (χ0) is 46.9. The molecule has 0 heterocycles. The van der Waals surface area contributed by atoms with Gasteiger partial charge in [-0.2, -0.15) is 0 Å². The molecule has 332 valence electrons. The number of hydrogen-bond acceptors (Lipinski definition) is 2. The molecule has 0 aliphatic rings. The van der Waals surface area contributed by atoms with E-state index in [1.807, 2.05) is 6.07 Å². The van der Waals surface area contributed by atoms with Crippen molar-refractivity contribution in [2.45, 2.75) is 0 Å². The van der Waals surface area contributed by atoms with Crippen LogP contribution in [0.25, 0.3) is 77.2 Å². The fourth-order valence-electron chi connectivity index (χ4n) is 9.14. The summed E-state index contributed by atoms with van der Waals surface area (Å²) in [5, 5.41) is 8.55. The fraction of sp³-hybridized carbons (Fsp3) is 0. The van der Waals surface area contributed by atoms with Crippen LogP contribution in [0.4, 0.5) is 28.4 Å². The molecule has 70 heavy (non-hydrogen) atoms. The van der Waals surface area contributed by atoms with E-state index in [4.69, 9.17) is 0 Å². The molecule has 0 radical (unpaired) electrons. The van der Waals surface area contributed by atoms with Crippen molar-refractivity contribution < 1.29 is 0 Å². The first-order valence-electron chi connectivity index (χ1n) is 23.9. The van der Waals surface area contributed by atoms with Crippen molar-refractivity contribution in [2.24, 2.45) is 0 Å². The molecule has 1 N–H and O–H groups in total. The number of rotatable bonds is 10. The lowest BCUT2D eigenvalue weighted by Gasteiger charge is -2.26. The normalized spacial score (nSPS) is 10.9. The summed E-state index contributed by atoms with van der Waals surface area (Å²) in [7, 11) is 0. The van der Waals surface area contributed by atoms with Gasteiger partial charge in [0.05, 0.1) is 0 Å². The van der Waals surface area contributed by atoms with Crippen LogP contribution in [0.2, 0.25) is 0 Å². The maximum absolute atomic E-state index is 3.49. The predicted octanol–water partition coefficient (Wildman–Crippen LogP) is 19.2. The fourth-order valence-corrected chi connectivity index (χ4v) is 9.14. The zero-order valence-corrected chi connectivity index (χ0v) is 38.7. The van der Waals surface area contributed by atoms with E-state index in [9.17, 15) is 0 Å². The molecule has 0 bridgehead atoms. The van der Waals surface area contributed by atoms with E-state index in [2.05, 4.69) is 301 Å². The van der Waals surface area contributed by atoms with Gasteiger partial charge in [-0.05, 0) is 150 Å². The minimum absolute atomic E-state index is 1.09. The Hall–Kier alpha value is -9.24. The van der Waals surface area contributed by atoms with E-state index in [1.54, 1.807) is 0 Å². The molecule has 0 unspecified atom stereocenters. The average molecular weight is 895 g/mol. The molecule has 0 aliphatic heterocycles. The first-order valence-corrected chi connectivity index (χ1v) is 23.9. The Morgan fingerprint density at radius 1 is 0.186 bits per heavy atom. The van der Waals surface area contributed by atoms with Gasteiger partial charge in [0, 0.05) is 28.4 Å². The molecular weight excluding hydrogens is 845 g/mol. The van der Waals surface area contributed by atoms with Crippen LogP contribution < -0.4 is 10.2 Å². The quantitative estimate of drug-likeness (QED) is 0.147. The molecule has 12 aromatic carbocycles. The lowest BCUT2D eigenvalue weighted by Crippen LogP contribution is -2.09. The van der Waals surface area contributed by atoms with Crippen LogP contribution >= 0.6 is 0 Å². The zero-order valence-electron chi connectivity index (χ0n) is 38.7. The first-order chi connectivity index (χ1) is 34.7. The van der Waals surface area contributed by atoms with Crippen molar-refractivity contribution in [1.29, 1.82) is 0 Å². The molecule has 12 rings (SSSR count). The maximum Gasteiger partial charge on any atom is 0.0462 e. The maximum atomic E-state index is 3.49. The van der Waals surface area contributed by atoms with Gasteiger partial charge in [0.2, 0.25) is 0 Å². The molecule has 0 spiro atoms. The largest absolute Gasteiger partial charge is 0.356 e. The second-order valence-corrected chi connectivity index (χ2v) is 17.5. The minimum Gasteiger partial charge on any atom is -0.356 e. The molecule has 2 nitrogen and oxygen atoms in total. The molecule has 0 fully saturated rings. The first kappa shape index (κ1) is 43.3. The number of benzene rings is 12. The third kappa shape index (κ3) is 9.89. The molecular formula is C68H50N2. The van der Waals surface area contributed by atoms with Gasteiger partial charge < -0.3 is 10.2 Å². The van der Waals surface area contributed by atoms with Gasteiger partial charge in [-0.15, -0.1) is 0 Å². The van der Waals surface area contributed by atoms with E-state index >= 15 is 0 Å². The van der Waals surface area contributed by atoms with E-state index in [0.717, 1.165) is 28.4 Å². The summed E-state index contributed by atoms with van der Waals surface area (Å²) in [5.41, 5.74) is 17.7. The van der Waals surface area contributed by atoms with Gasteiger partial charge in [0.1, 0.15) is 0 Å². The molecule has 0 atom stereocenters. The highest BCUT2D eigenvalue weighted by Crippen LogP contribution is 2.38. The third-order valence-corrected chi connectivity index (χ3v) is 12.9. The molecule has 0 aromatic heterocycles. The summed E-state index contributed by atoms with van der Waals surface area (Å²) >= 11 is 0. The summed E-state index contributed by atoms with van der Waals surface area (Å²) in [6.45, 7) is 0. The second-order valence-electron chi connectivity index (χ2n) is 17.5. The Kier molecular flexibility index (Phi) is 12.6. The van der Waals surface area contributed by atoms with Crippen molar-refractivity contribution >= 4 is 50.0 Å². The molecule has 0 aliphatic carbocycles. The number of anilines is 5. The van der Waals surface area contributed by atoms with Crippen LogP contribution in [0.1, 0.15) is 0 Å². The highest BCUT2D eigenvalue weighted by Gasteiger charge is 2.14. The summed E-state index contributed by atoms with van der Waals surface area (Å²) in [4.78, 5) is 2.33. The second kappa shape index (κ2) is 20.3. The number of nitrogens with one attached hydrogen (secondary N) is 1. The van der Waals surface area contributed by atoms with E-state index in [-0.39, 0.29) is 0 Å². The van der Waals surface area contributed by atoms with E-state index in [1.165, 1.54) is 77.2 Å². The van der Waals surface area contributed by atoms with E-state index < -0.39 is 0 Å². The van der Waals surface area contributed by atoms with Crippen LogP contribution in [0.3, 0.4) is 0 Å². The van der Waals surface area contributed by atoms with Crippen molar-refractivity contribution in [3.63, 3.8) is 0 Å². The monoisotopic (exact) mass is 894 g/mol. The van der Waals surface area contributed by atoms with Gasteiger partial charge in [-0.3, -0.25) is 0 Å². The molecule has 12 aromatic rings. The average Bonchev–Trinajstić information content (AvgIpc) is 3.45. The summed E-state index contributed by atoms with van der Waals surface area (Å²) < 4.78 is 0. The topological polar surface area (TPSA) is 15.3 Å². The van der Waals surface area contributed by atoms with Gasteiger partial charge in [0.15, 0.2) is 0 Å². The lowest BCUT2D eigenvalue weighted by atomic mass is 10.0. The van der Waals surface area contributed by atoms with Crippen molar-refractivity contribution in [2.75, 3.05) is 10.2 Å². The molecule has 2 heteroatoms. The summed E-state index contributed by atoms with van der Waals surface area (Å²) in [6, 6.07) is 106. The molecule has 0 amide bonds. The van der Waals surface area contributed by atoms with Crippen LogP contribution in [0.15, 0.2) is 297 Å². The summed E-state index contributed by atoms with van der Waals surface area (Å²) in [6.07, 6.45) is 0. The number of nitrogens with zero attached hydrogens (tertiary/aromatic N) is 1. The SMILES string of the molecule is c1ccc(-c2ccc(N(c3ccc(-c4ccccc4)cc3)c3ccc(-c4ccc5ccccc5c4)cc3)cc2)cc1.c1ccc(-c2ccc(Nc3ccc(-c4ccc5ccccc5c4)cc3)cc2)cc1. The minimum atomic E-state index is 1.09. The molecule has 0 saturated heterocycles. The number of hydrogen-bond donors (Lipinski definition) is 1. The highest BCUT2D eigenvalue weighted by atomic mass is 15.1. The Morgan fingerprint density at radius 2 is 0.429 bits per heavy atom. The Labute approximate surface area is 411 Å². The van der Waals surface area contributed by atoms with Crippen LogP contribution in [0.5, 0.6) is 0 Å². The Bertz CT molecular complexity index is 3520. The Morgan fingerprint density at radius 3 is 0.757 bits per heavy atom. The summed E-state index contributed by atoms with van der Waals surface area (Å²) in [5.74, 6) is 0. The van der Waals surface area contributed by atoms with Crippen LogP contribution in [0, 0.1) is 0 Å². The third-order valence-electron chi connectivity index (χ3n) is 12.9. The predicted molar refractivity (Wildman–Crippen MR) is 299 cm³/mol. The van der Waals surface area contributed by atoms with Gasteiger partial charge in [0.25, 0.3) is 0 Å². The lowest BCUT2D eigenvalue weighted by molar-refractivity contribution is 1.28. The Balaban J connectivity index is 0.000000162. The van der Waals surface area contributed by atoms with Gasteiger partial charge in [-0.1, -0.05) is 224 Å². The van der Waals surface area contributed by atoms with Crippen LogP contribution in [-0.4, -0.2) is 0 Å². The van der Waals surface area contributed by atoms with Crippen molar-refractivity contribution in [3.05, 3.63) is 297 Å². The highest BCUT2D eigenvalue weighted by molar-refractivity contribution is 5.89.